The molecule has 0 aromatic carbocycles. The molecule has 0 unspecified atom stereocenters. The molecule has 4 heteroatoms. The molecule has 7 atom stereocenters. The number of carboxylic acids is 1. The number of hydrogen-bond donors (Lipinski definition) is 2. The summed E-state index contributed by atoms with van der Waals surface area (Å²) < 4.78 is 0. The van der Waals surface area contributed by atoms with Gasteiger partial charge in [0.2, 0.25) is 0 Å². The summed E-state index contributed by atoms with van der Waals surface area (Å²) in [7, 11) is 0. The zero-order valence-corrected chi connectivity index (χ0v) is 22.5. The molecule has 0 spiro atoms. The maximum atomic E-state index is 13.9. The van der Waals surface area contributed by atoms with Gasteiger partial charge in [-0.2, -0.15) is 0 Å². The van der Waals surface area contributed by atoms with Crippen LogP contribution in [0.5, 0.6) is 0 Å². The fourth-order valence-corrected chi connectivity index (χ4v) is 9.09. The Labute approximate surface area is 206 Å². The van der Waals surface area contributed by atoms with Crippen molar-refractivity contribution in [2.24, 2.45) is 39.4 Å². The van der Waals surface area contributed by atoms with Crippen molar-refractivity contribution in [2.45, 2.75) is 112 Å². The smallest absolute Gasteiger partial charge is 0.306 e. The highest BCUT2D eigenvalue weighted by Gasteiger charge is 2.66. The highest BCUT2D eigenvalue weighted by molar-refractivity contribution is 5.99. The molecule has 4 aliphatic carbocycles. The first kappa shape index (κ1) is 25.7. The van der Waals surface area contributed by atoms with Crippen molar-refractivity contribution in [2.75, 3.05) is 0 Å². The molecule has 4 rings (SSSR count). The van der Waals surface area contributed by atoms with E-state index in [-0.39, 0.29) is 51.3 Å². The number of carbonyl (C=O) groups is 2. The van der Waals surface area contributed by atoms with Gasteiger partial charge < -0.3 is 10.2 Å². The largest absolute Gasteiger partial charge is 0.481 e. The number of aliphatic hydroxyl groups is 1. The van der Waals surface area contributed by atoms with Crippen molar-refractivity contribution in [1.29, 1.82) is 0 Å². The van der Waals surface area contributed by atoms with Crippen LogP contribution in [-0.2, 0) is 9.59 Å². The van der Waals surface area contributed by atoms with Crippen molar-refractivity contribution in [3.8, 4) is 0 Å². The number of carboxylic acid groups (broad SMARTS) is 1. The number of rotatable bonds is 5. The lowest BCUT2D eigenvalue weighted by Crippen LogP contribution is -2.57. The lowest BCUT2D eigenvalue weighted by Gasteiger charge is -2.61. The van der Waals surface area contributed by atoms with Gasteiger partial charge in [-0.3, -0.25) is 9.59 Å². The molecule has 0 aliphatic heterocycles. The molecule has 0 saturated heterocycles. The molecule has 0 heterocycles. The van der Waals surface area contributed by atoms with Crippen LogP contribution in [0.2, 0.25) is 0 Å². The van der Waals surface area contributed by atoms with Crippen LogP contribution in [0.1, 0.15) is 106 Å². The third kappa shape index (κ3) is 3.49. The van der Waals surface area contributed by atoms with Crippen LogP contribution in [0.3, 0.4) is 0 Å². The standard InChI is InChI=1S/C30H46O4/c1-18(2)9-8-10-19(26(33)34)20-11-16-30(7)25-21(12-15-29(20,30)6)28(5)14-13-24(32)27(3,4)23(28)17-22(25)31/h9,19-20,23-24,32H,8,10-17H2,1-7H3,(H,33,34)/t19-,20-,23+,24+,28-,29-,30+/m1/s1. The molecule has 0 radical (unpaired) electrons. The van der Waals surface area contributed by atoms with Crippen LogP contribution < -0.4 is 0 Å². The zero-order valence-electron chi connectivity index (χ0n) is 22.5. The Balaban J connectivity index is 1.74. The summed E-state index contributed by atoms with van der Waals surface area (Å²) in [6.07, 6.45) is 9.12. The van der Waals surface area contributed by atoms with E-state index in [2.05, 4.69) is 54.5 Å². The van der Waals surface area contributed by atoms with Crippen LogP contribution in [0.15, 0.2) is 22.8 Å². The van der Waals surface area contributed by atoms with E-state index < -0.39 is 5.97 Å². The number of carbonyl (C=O) groups excluding carboxylic acids is 1. The Morgan fingerprint density at radius 1 is 1.09 bits per heavy atom. The molecule has 2 saturated carbocycles. The van der Waals surface area contributed by atoms with E-state index in [1.165, 1.54) is 11.1 Å². The van der Waals surface area contributed by atoms with Crippen molar-refractivity contribution in [3.63, 3.8) is 0 Å². The summed E-state index contributed by atoms with van der Waals surface area (Å²) >= 11 is 0. The average molecular weight is 471 g/mol. The number of allylic oxidation sites excluding steroid dienone is 4. The summed E-state index contributed by atoms with van der Waals surface area (Å²) in [5, 5.41) is 21.0. The van der Waals surface area contributed by atoms with E-state index in [9.17, 15) is 19.8 Å². The van der Waals surface area contributed by atoms with Gasteiger partial charge in [-0.05, 0) is 93.3 Å². The van der Waals surface area contributed by atoms with Gasteiger partial charge in [-0.1, -0.05) is 51.8 Å². The topological polar surface area (TPSA) is 74.6 Å². The summed E-state index contributed by atoms with van der Waals surface area (Å²) in [6.45, 7) is 15.3. The Hall–Kier alpha value is -1.42. The van der Waals surface area contributed by atoms with E-state index in [1.54, 1.807) is 0 Å². The van der Waals surface area contributed by atoms with Crippen LogP contribution in [0, 0.1) is 39.4 Å². The minimum Gasteiger partial charge on any atom is -0.481 e. The number of Topliss-reactive ketones (excluding diaryl/α,β-unsaturated/α-hetero) is 1. The second kappa shape index (κ2) is 8.32. The van der Waals surface area contributed by atoms with Crippen LogP contribution >= 0.6 is 0 Å². The van der Waals surface area contributed by atoms with Gasteiger partial charge in [-0.25, -0.2) is 0 Å². The van der Waals surface area contributed by atoms with Gasteiger partial charge in [0.1, 0.15) is 0 Å². The van der Waals surface area contributed by atoms with E-state index in [0.717, 1.165) is 50.5 Å². The molecule has 190 valence electrons. The van der Waals surface area contributed by atoms with E-state index >= 15 is 0 Å². The average Bonchev–Trinajstić information content (AvgIpc) is 3.01. The minimum absolute atomic E-state index is 0.0515. The van der Waals surface area contributed by atoms with Crippen molar-refractivity contribution in [3.05, 3.63) is 22.8 Å². The van der Waals surface area contributed by atoms with Crippen molar-refractivity contribution >= 4 is 11.8 Å². The first-order valence-corrected chi connectivity index (χ1v) is 13.5. The first-order valence-electron chi connectivity index (χ1n) is 13.5. The fourth-order valence-electron chi connectivity index (χ4n) is 9.09. The summed E-state index contributed by atoms with van der Waals surface area (Å²) in [4.78, 5) is 26.4. The lowest BCUT2D eigenvalue weighted by molar-refractivity contribution is -0.147. The molecule has 0 amide bonds. The number of ketones is 1. The summed E-state index contributed by atoms with van der Waals surface area (Å²) in [5.41, 5.74) is 2.87. The van der Waals surface area contributed by atoms with E-state index in [0.29, 0.717) is 12.8 Å². The Morgan fingerprint density at radius 3 is 2.38 bits per heavy atom. The highest BCUT2D eigenvalue weighted by atomic mass is 16.4. The third-order valence-corrected chi connectivity index (χ3v) is 11.4. The highest BCUT2D eigenvalue weighted by Crippen LogP contribution is 2.71. The Morgan fingerprint density at radius 2 is 1.76 bits per heavy atom. The molecule has 0 bridgehead atoms. The number of aliphatic hydroxyl groups excluding tert-OH is 1. The maximum Gasteiger partial charge on any atom is 0.306 e. The third-order valence-electron chi connectivity index (χ3n) is 11.4. The van der Waals surface area contributed by atoms with Gasteiger partial charge in [0.25, 0.3) is 0 Å². The summed E-state index contributed by atoms with van der Waals surface area (Å²) in [6, 6.07) is 0. The quantitative estimate of drug-likeness (QED) is 0.437. The van der Waals surface area contributed by atoms with Crippen molar-refractivity contribution in [1.82, 2.24) is 0 Å². The molecule has 4 aliphatic rings. The number of fused-ring (bicyclic) bond motifs is 4. The van der Waals surface area contributed by atoms with E-state index in [4.69, 9.17) is 0 Å². The molecular formula is C30H46O4. The summed E-state index contributed by atoms with van der Waals surface area (Å²) in [5.74, 6) is -0.517. The van der Waals surface area contributed by atoms with Gasteiger partial charge in [0.05, 0.1) is 12.0 Å². The van der Waals surface area contributed by atoms with Gasteiger partial charge in [0, 0.05) is 17.4 Å². The molecule has 34 heavy (non-hydrogen) atoms. The second-order valence-electron chi connectivity index (χ2n) is 13.5. The zero-order chi connectivity index (χ0) is 25.3. The first-order chi connectivity index (χ1) is 15.7. The molecule has 2 N–H and O–H groups in total. The molecule has 0 aromatic heterocycles. The Kier molecular flexibility index (Phi) is 6.28. The maximum absolute atomic E-state index is 13.9. The lowest BCUT2D eigenvalue weighted by atomic mass is 9.43. The SMILES string of the molecule is CC(C)=CCC[C@@H](C(=O)O)[C@H]1CC[C@@]2(C)C3=C(CC[C@]12C)[C@@]1(C)CC[C@H](O)C(C)(C)[C@@H]1CC3=O. The Bertz CT molecular complexity index is 937. The molecular weight excluding hydrogens is 424 g/mol. The fraction of sp³-hybridized carbons (Fsp3) is 0.800. The predicted molar refractivity (Wildman–Crippen MR) is 135 cm³/mol. The normalized spacial score (nSPS) is 41.9. The minimum atomic E-state index is -0.678. The molecule has 4 nitrogen and oxygen atoms in total. The molecule has 2 fully saturated rings. The number of aliphatic carboxylic acids is 1. The molecule has 0 aromatic rings. The monoisotopic (exact) mass is 470 g/mol. The predicted octanol–water partition coefficient (Wildman–Crippen LogP) is 6.72. The van der Waals surface area contributed by atoms with Crippen LogP contribution in [0.25, 0.3) is 0 Å². The van der Waals surface area contributed by atoms with Gasteiger partial charge in [0.15, 0.2) is 5.78 Å². The van der Waals surface area contributed by atoms with Gasteiger partial charge >= 0.3 is 5.97 Å². The van der Waals surface area contributed by atoms with Gasteiger partial charge in [-0.15, -0.1) is 0 Å². The van der Waals surface area contributed by atoms with Crippen molar-refractivity contribution < 1.29 is 19.8 Å². The van der Waals surface area contributed by atoms with E-state index in [1.807, 2.05) is 0 Å². The van der Waals surface area contributed by atoms with Crippen LogP contribution in [-0.4, -0.2) is 28.1 Å². The second-order valence-corrected chi connectivity index (χ2v) is 13.5. The van der Waals surface area contributed by atoms with Crippen LogP contribution in [0.4, 0.5) is 0 Å². The number of hydrogen-bond acceptors (Lipinski definition) is 3.